The van der Waals surface area contributed by atoms with Crippen molar-refractivity contribution in [3.63, 3.8) is 0 Å². The molecule has 0 heterocycles. The highest BCUT2D eigenvalue weighted by molar-refractivity contribution is 6.22. The minimum Gasteiger partial charge on any atom is -0.0616 e. The Hall–Kier alpha value is -6.50. The summed E-state index contributed by atoms with van der Waals surface area (Å²) < 4.78 is 66.4. The Kier molecular flexibility index (Phi) is 5.14. The molecule has 0 radical (unpaired) electrons. The van der Waals surface area contributed by atoms with Crippen LogP contribution in [0.2, 0.25) is 0 Å². The average molecular weight is 640 g/mol. The molecule has 0 aliphatic rings. The van der Waals surface area contributed by atoms with Gasteiger partial charge in [-0.1, -0.05) is 170 Å². The first-order chi connectivity index (χ1) is 27.7. The van der Waals surface area contributed by atoms with Gasteiger partial charge >= 0.3 is 0 Å². The summed E-state index contributed by atoms with van der Waals surface area (Å²) in [6.45, 7) is 0. The zero-order valence-electron chi connectivity index (χ0n) is 33.9. The van der Waals surface area contributed by atoms with Crippen LogP contribution in [0, 0.1) is 0 Å². The molecule has 0 saturated heterocycles. The molecular formula is C50H32. The number of hydrogen-bond acceptors (Lipinski definition) is 0. The summed E-state index contributed by atoms with van der Waals surface area (Å²) in [7, 11) is 0. The Labute approximate surface area is 301 Å². The maximum Gasteiger partial charge on any atom is 0.0636 e. The number of fused-ring (bicyclic) bond motifs is 5. The van der Waals surface area contributed by atoms with Crippen LogP contribution in [0.5, 0.6) is 0 Å². The summed E-state index contributed by atoms with van der Waals surface area (Å²) in [5.41, 5.74) is 4.91. The monoisotopic (exact) mass is 639 g/mol. The third-order valence-electron chi connectivity index (χ3n) is 9.83. The first kappa shape index (κ1) is 22.2. The van der Waals surface area contributed by atoms with E-state index >= 15 is 0 Å². The SMILES string of the molecule is [2H]c1c([2H])c([2H])c2c(-c3cccc(-c4cccc5ccccc45)c3)c3c([2H])c(-c4ccc5ccccc5c4)c([2H])c([2H])c3c(-c3ccc4ccccc4c3)c2c1[2H]. The second-order valence-electron chi connectivity index (χ2n) is 12.7. The molecule has 10 aromatic carbocycles. The first-order valence-corrected chi connectivity index (χ1v) is 16.8. The molecule has 0 aromatic heterocycles. The number of rotatable bonds is 4. The molecule has 0 heteroatoms. The van der Waals surface area contributed by atoms with Gasteiger partial charge < -0.3 is 0 Å². The first-order valence-electron chi connectivity index (χ1n) is 20.3. The van der Waals surface area contributed by atoms with Crippen molar-refractivity contribution in [1.29, 1.82) is 0 Å². The van der Waals surface area contributed by atoms with Crippen molar-refractivity contribution in [1.82, 2.24) is 0 Å². The standard InChI is InChI=1S/C50H32/c1-3-14-36-29-38(25-23-33(36)11-1)39-27-28-47-48(32-39)50(41-18-9-17-40(31-41)44-22-10-16-35-13-5-6-19-43(35)44)46-21-8-7-20-45(46)49(47)42-26-24-34-12-2-4-15-37(34)30-42/h1-32H/i7D,8D,20D,21D,27D,28D,32D. The highest BCUT2D eigenvalue weighted by Gasteiger charge is 2.18. The Morgan fingerprint density at radius 3 is 1.60 bits per heavy atom. The second kappa shape index (κ2) is 11.6. The summed E-state index contributed by atoms with van der Waals surface area (Å²) in [5.74, 6) is 0. The molecule has 0 atom stereocenters. The van der Waals surface area contributed by atoms with E-state index in [2.05, 4.69) is 24.3 Å². The lowest BCUT2D eigenvalue weighted by atomic mass is 9.84. The molecule has 0 N–H and O–H groups in total. The molecule has 0 spiro atoms. The topological polar surface area (TPSA) is 0 Å². The normalized spacial score (nSPS) is 13.6. The fourth-order valence-corrected chi connectivity index (χ4v) is 7.45. The third kappa shape index (κ3) is 4.69. The van der Waals surface area contributed by atoms with Crippen LogP contribution in [0.4, 0.5) is 0 Å². The minimum atomic E-state index is -0.388. The van der Waals surface area contributed by atoms with E-state index < -0.39 is 0 Å². The van der Waals surface area contributed by atoms with Gasteiger partial charge in [-0.15, -0.1) is 0 Å². The molecule has 0 bridgehead atoms. The summed E-state index contributed by atoms with van der Waals surface area (Å²) >= 11 is 0. The van der Waals surface area contributed by atoms with Gasteiger partial charge in [-0.3, -0.25) is 0 Å². The average Bonchev–Trinajstić information content (AvgIpc) is 3.25. The van der Waals surface area contributed by atoms with Gasteiger partial charge in [0.05, 0.1) is 9.60 Å². The summed E-state index contributed by atoms with van der Waals surface area (Å²) in [5, 5.41) is 7.18. The highest BCUT2D eigenvalue weighted by Crippen LogP contribution is 2.46. The van der Waals surface area contributed by atoms with Gasteiger partial charge in [0.2, 0.25) is 0 Å². The van der Waals surface area contributed by atoms with Gasteiger partial charge in [0, 0.05) is 0 Å². The van der Waals surface area contributed by atoms with E-state index in [0.717, 1.165) is 43.4 Å². The van der Waals surface area contributed by atoms with Gasteiger partial charge in [0.1, 0.15) is 0 Å². The lowest BCUT2D eigenvalue weighted by Gasteiger charge is -2.19. The van der Waals surface area contributed by atoms with Crippen LogP contribution < -0.4 is 0 Å². The van der Waals surface area contributed by atoms with Gasteiger partial charge in [-0.25, -0.2) is 0 Å². The van der Waals surface area contributed by atoms with Crippen molar-refractivity contribution in [3.05, 3.63) is 194 Å². The van der Waals surface area contributed by atoms with Gasteiger partial charge in [0.25, 0.3) is 0 Å². The lowest BCUT2D eigenvalue weighted by molar-refractivity contribution is 1.63. The lowest BCUT2D eigenvalue weighted by Crippen LogP contribution is -1.92. The number of benzene rings is 10. The van der Waals surface area contributed by atoms with Crippen LogP contribution in [0.25, 0.3) is 98.4 Å². The predicted octanol–water partition coefficient (Wildman–Crippen LogP) is 14.1. The van der Waals surface area contributed by atoms with E-state index in [9.17, 15) is 6.85 Å². The van der Waals surface area contributed by atoms with Gasteiger partial charge in [-0.05, 0) is 123 Å². The van der Waals surface area contributed by atoms with E-state index in [0.29, 0.717) is 38.6 Å². The van der Waals surface area contributed by atoms with Crippen molar-refractivity contribution in [2.75, 3.05) is 0 Å². The quantitative estimate of drug-likeness (QED) is 0.168. The van der Waals surface area contributed by atoms with E-state index in [4.69, 9.17) is 2.74 Å². The van der Waals surface area contributed by atoms with Crippen LogP contribution in [-0.4, -0.2) is 0 Å². The summed E-state index contributed by atoms with van der Waals surface area (Å²) in [6, 6.07) is 48.2. The van der Waals surface area contributed by atoms with Crippen molar-refractivity contribution in [3.8, 4) is 44.5 Å². The second-order valence-corrected chi connectivity index (χ2v) is 12.7. The Morgan fingerprint density at radius 1 is 0.300 bits per heavy atom. The third-order valence-corrected chi connectivity index (χ3v) is 9.83. The van der Waals surface area contributed by atoms with Crippen LogP contribution >= 0.6 is 0 Å². The van der Waals surface area contributed by atoms with Gasteiger partial charge in [-0.2, -0.15) is 0 Å². The van der Waals surface area contributed by atoms with E-state index in [1.165, 1.54) is 0 Å². The van der Waals surface area contributed by atoms with E-state index in [-0.39, 0.29) is 58.6 Å². The van der Waals surface area contributed by atoms with Crippen molar-refractivity contribution in [2.45, 2.75) is 0 Å². The Bertz CT molecular complexity index is 3330. The molecule has 0 unspecified atom stereocenters. The molecule has 10 aromatic rings. The maximum absolute atomic E-state index is 10.1. The molecule has 0 amide bonds. The molecule has 232 valence electrons. The molecular weight excluding hydrogens is 601 g/mol. The maximum atomic E-state index is 10.1. The summed E-state index contributed by atoms with van der Waals surface area (Å²) in [6.07, 6.45) is 0. The zero-order valence-corrected chi connectivity index (χ0v) is 26.9. The zero-order chi connectivity index (χ0) is 39.1. The largest absolute Gasteiger partial charge is 0.0636 e. The van der Waals surface area contributed by atoms with E-state index in [1.54, 1.807) is 0 Å². The van der Waals surface area contributed by atoms with Crippen LogP contribution in [0.15, 0.2) is 194 Å². The molecule has 0 saturated carbocycles. The highest BCUT2D eigenvalue weighted by atomic mass is 14.2. The van der Waals surface area contributed by atoms with Crippen molar-refractivity contribution < 1.29 is 9.60 Å². The summed E-state index contributed by atoms with van der Waals surface area (Å²) in [4.78, 5) is 0. The molecule has 10 rings (SSSR count). The smallest absolute Gasteiger partial charge is 0.0616 e. The molecule has 50 heavy (non-hydrogen) atoms. The van der Waals surface area contributed by atoms with Crippen LogP contribution in [0.1, 0.15) is 9.60 Å². The minimum absolute atomic E-state index is 0.0168. The predicted molar refractivity (Wildman–Crippen MR) is 216 cm³/mol. The van der Waals surface area contributed by atoms with Crippen LogP contribution in [-0.2, 0) is 0 Å². The molecule has 0 aliphatic carbocycles. The Balaban J connectivity index is 1.42. The molecule has 0 nitrogen and oxygen atoms in total. The van der Waals surface area contributed by atoms with Gasteiger partial charge in [0.15, 0.2) is 0 Å². The molecule has 0 fully saturated rings. The fourth-order valence-electron chi connectivity index (χ4n) is 7.45. The Morgan fingerprint density at radius 2 is 0.840 bits per heavy atom. The van der Waals surface area contributed by atoms with E-state index in [1.807, 2.05) is 127 Å². The van der Waals surface area contributed by atoms with Crippen molar-refractivity contribution in [2.24, 2.45) is 0 Å². The van der Waals surface area contributed by atoms with Crippen molar-refractivity contribution >= 4 is 53.9 Å². The fraction of sp³-hybridized carbons (Fsp3) is 0. The van der Waals surface area contributed by atoms with Crippen LogP contribution in [0.3, 0.4) is 0 Å². The molecule has 0 aliphatic heterocycles. The number of hydrogen-bond donors (Lipinski definition) is 0.